The van der Waals surface area contributed by atoms with E-state index in [-0.39, 0.29) is 30.9 Å². The molecule has 0 aliphatic heterocycles. The molecule has 0 saturated carbocycles. The highest BCUT2D eigenvalue weighted by atomic mass is 35.5. The van der Waals surface area contributed by atoms with Crippen LogP contribution in [0.1, 0.15) is 17.2 Å². The van der Waals surface area contributed by atoms with Gasteiger partial charge >= 0.3 is 0 Å². The average molecular weight is 385 g/mol. The molecule has 25 heavy (non-hydrogen) atoms. The molecule has 0 spiro atoms. The van der Waals surface area contributed by atoms with E-state index in [1.807, 2.05) is 12.1 Å². The third-order valence-corrected chi connectivity index (χ3v) is 3.89. The van der Waals surface area contributed by atoms with Crippen LogP contribution in [0.2, 0.25) is 0 Å². The summed E-state index contributed by atoms with van der Waals surface area (Å²) < 4.78 is 6.24. The first-order chi connectivity index (χ1) is 11.2. The van der Waals surface area contributed by atoms with E-state index in [0.717, 1.165) is 26.2 Å². The zero-order chi connectivity index (χ0) is 16.5. The molecule has 0 aromatic heterocycles. The second-order valence-corrected chi connectivity index (χ2v) is 6.18. The van der Waals surface area contributed by atoms with E-state index in [1.54, 1.807) is 0 Å². The van der Waals surface area contributed by atoms with Gasteiger partial charge in [0.05, 0.1) is 6.61 Å². The summed E-state index contributed by atoms with van der Waals surface area (Å²) in [6.07, 6.45) is -0.000325. The molecule has 0 saturated heterocycles. The number of halogens is 2. The molecule has 0 radical (unpaired) electrons. The molecule has 3 nitrogen and oxygen atoms in total. The van der Waals surface area contributed by atoms with Gasteiger partial charge in [0.25, 0.3) is 0 Å². The van der Waals surface area contributed by atoms with Gasteiger partial charge in [-0.3, -0.25) is 0 Å². The van der Waals surface area contributed by atoms with Crippen LogP contribution in [0.25, 0.3) is 0 Å². The highest BCUT2D eigenvalue weighted by Gasteiger charge is 2.14. The Morgan fingerprint density at radius 2 is 1.20 bits per heavy atom. The summed E-state index contributed by atoms with van der Waals surface area (Å²) in [7, 11) is 6.35. The van der Waals surface area contributed by atoms with E-state index in [9.17, 15) is 0 Å². The predicted octanol–water partition coefficient (Wildman–Crippen LogP) is 4.13. The van der Waals surface area contributed by atoms with Crippen LogP contribution < -0.4 is 0 Å². The Bertz CT molecular complexity index is 513. The van der Waals surface area contributed by atoms with Crippen molar-refractivity contribution < 1.29 is 4.74 Å². The molecule has 2 rings (SSSR count). The van der Waals surface area contributed by atoms with Gasteiger partial charge in [-0.05, 0) is 32.3 Å². The third kappa shape index (κ3) is 8.70. The van der Waals surface area contributed by atoms with Crippen molar-refractivity contribution in [2.24, 2.45) is 0 Å². The minimum Gasteiger partial charge on any atom is -0.367 e. The summed E-state index contributed by atoms with van der Waals surface area (Å²) in [6, 6.07) is 20.9. The molecule has 5 heteroatoms. The topological polar surface area (TPSA) is 15.7 Å². The Hall–Kier alpha value is -1.10. The van der Waals surface area contributed by atoms with Crippen molar-refractivity contribution in [3.8, 4) is 0 Å². The average Bonchev–Trinajstić information content (AvgIpc) is 2.58. The SMILES string of the molecule is CN(C)CCN(C)CCOC(c1ccccc1)c1ccccc1.Cl.Cl. The van der Waals surface area contributed by atoms with Crippen LogP contribution >= 0.6 is 24.8 Å². The molecule has 0 aliphatic rings. The van der Waals surface area contributed by atoms with Crippen LogP contribution in [-0.2, 0) is 4.74 Å². The van der Waals surface area contributed by atoms with E-state index in [0.29, 0.717) is 0 Å². The van der Waals surface area contributed by atoms with Gasteiger partial charge in [-0.15, -0.1) is 24.8 Å². The van der Waals surface area contributed by atoms with E-state index < -0.39 is 0 Å². The first kappa shape index (κ1) is 23.9. The largest absolute Gasteiger partial charge is 0.367 e. The standard InChI is InChI=1S/C20H28N2O.2ClH/c1-21(2)14-15-22(3)16-17-23-20(18-10-6-4-7-11-18)19-12-8-5-9-13-19;;/h4-13,20H,14-17H2,1-3H3;2*1H. The maximum absolute atomic E-state index is 6.24. The lowest BCUT2D eigenvalue weighted by molar-refractivity contribution is 0.0637. The smallest absolute Gasteiger partial charge is 0.108 e. The number of ether oxygens (including phenoxy) is 1. The maximum atomic E-state index is 6.24. The Balaban J connectivity index is 0.00000288. The molecule has 140 valence electrons. The molecule has 2 aromatic carbocycles. The zero-order valence-electron chi connectivity index (χ0n) is 15.3. The molecule has 0 N–H and O–H groups in total. The fraction of sp³-hybridized carbons (Fsp3) is 0.400. The quantitative estimate of drug-likeness (QED) is 0.646. The number of rotatable bonds is 9. The first-order valence-corrected chi connectivity index (χ1v) is 8.21. The molecular weight excluding hydrogens is 355 g/mol. The molecule has 0 heterocycles. The van der Waals surface area contributed by atoms with Crippen LogP contribution in [0.15, 0.2) is 60.7 Å². The minimum atomic E-state index is -0.000325. The van der Waals surface area contributed by atoms with Gasteiger partial charge in [-0.2, -0.15) is 0 Å². The number of hydrogen-bond donors (Lipinski definition) is 0. The van der Waals surface area contributed by atoms with Gasteiger partial charge < -0.3 is 14.5 Å². The van der Waals surface area contributed by atoms with Crippen molar-refractivity contribution in [3.63, 3.8) is 0 Å². The highest BCUT2D eigenvalue weighted by molar-refractivity contribution is 5.85. The van der Waals surface area contributed by atoms with Gasteiger partial charge in [0, 0.05) is 19.6 Å². The summed E-state index contributed by atoms with van der Waals surface area (Å²) in [5, 5.41) is 0. The Morgan fingerprint density at radius 3 is 1.64 bits per heavy atom. The number of likely N-dealkylation sites (N-methyl/N-ethyl adjacent to an activating group) is 2. The third-order valence-electron chi connectivity index (χ3n) is 3.89. The fourth-order valence-electron chi connectivity index (χ4n) is 2.45. The Morgan fingerprint density at radius 1 is 0.720 bits per heavy atom. The van der Waals surface area contributed by atoms with Crippen molar-refractivity contribution in [1.29, 1.82) is 0 Å². The molecule has 0 amide bonds. The van der Waals surface area contributed by atoms with Gasteiger partial charge in [-0.1, -0.05) is 60.7 Å². The van der Waals surface area contributed by atoms with Crippen LogP contribution in [0.3, 0.4) is 0 Å². The van der Waals surface area contributed by atoms with Crippen LogP contribution in [0.5, 0.6) is 0 Å². The van der Waals surface area contributed by atoms with E-state index in [4.69, 9.17) is 4.74 Å². The molecule has 0 unspecified atom stereocenters. The van der Waals surface area contributed by atoms with Gasteiger partial charge in [-0.25, -0.2) is 0 Å². The number of hydrogen-bond acceptors (Lipinski definition) is 3. The summed E-state index contributed by atoms with van der Waals surface area (Å²) in [5.74, 6) is 0. The molecule has 0 aliphatic carbocycles. The molecule has 0 bridgehead atoms. The second-order valence-electron chi connectivity index (χ2n) is 6.18. The maximum Gasteiger partial charge on any atom is 0.108 e. The second kappa shape index (κ2) is 13.2. The fourth-order valence-corrected chi connectivity index (χ4v) is 2.45. The Labute approximate surface area is 164 Å². The van der Waals surface area contributed by atoms with Crippen molar-refractivity contribution in [1.82, 2.24) is 9.80 Å². The number of nitrogens with zero attached hydrogens (tertiary/aromatic N) is 2. The normalized spacial score (nSPS) is 10.6. The summed E-state index contributed by atoms with van der Waals surface area (Å²) in [4.78, 5) is 4.52. The van der Waals surface area contributed by atoms with Crippen molar-refractivity contribution in [2.75, 3.05) is 47.4 Å². The van der Waals surface area contributed by atoms with Gasteiger partial charge in [0.1, 0.15) is 6.10 Å². The van der Waals surface area contributed by atoms with Gasteiger partial charge in [0.2, 0.25) is 0 Å². The van der Waals surface area contributed by atoms with Crippen LogP contribution in [-0.4, -0.2) is 57.2 Å². The lowest BCUT2D eigenvalue weighted by Crippen LogP contribution is -2.31. The van der Waals surface area contributed by atoms with Gasteiger partial charge in [0.15, 0.2) is 0 Å². The first-order valence-electron chi connectivity index (χ1n) is 8.21. The van der Waals surface area contributed by atoms with Crippen LogP contribution in [0.4, 0.5) is 0 Å². The van der Waals surface area contributed by atoms with E-state index in [1.165, 1.54) is 11.1 Å². The van der Waals surface area contributed by atoms with Crippen molar-refractivity contribution in [2.45, 2.75) is 6.10 Å². The van der Waals surface area contributed by atoms with E-state index >= 15 is 0 Å². The number of benzene rings is 2. The predicted molar refractivity (Wildman–Crippen MR) is 111 cm³/mol. The summed E-state index contributed by atoms with van der Waals surface area (Å²) >= 11 is 0. The Kier molecular flexibility index (Phi) is 12.6. The van der Waals surface area contributed by atoms with Crippen molar-refractivity contribution >= 4 is 24.8 Å². The lowest BCUT2D eigenvalue weighted by atomic mass is 10.0. The lowest BCUT2D eigenvalue weighted by Gasteiger charge is -2.22. The minimum absolute atomic E-state index is 0. The molecular formula is C20H30Cl2N2O. The highest BCUT2D eigenvalue weighted by Crippen LogP contribution is 2.25. The van der Waals surface area contributed by atoms with Crippen molar-refractivity contribution in [3.05, 3.63) is 71.8 Å². The molecule has 0 atom stereocenters. The summed E-state index contributed by atoms with van der Waals surface area (Å²) in [5.41, 5.74) is 2.41. The summed E-state index contributed by atoms with van der Waals surface area (Å²) in [6.45, 7) is 3.78. The molecule has 0 fully saturated rings. The van der Waals surface area contributed by atoms with Crippen LogP contribution in [0, 0.1) is 0 Å². The van der Waals surface area contributed by atoms with E-state index in [2.05, 4.69) is 79.5 Å². The zero-order valence-corrected chi connectivity index (χ0v) is 16.9. The molecule has 2 aromatic rings. The monoisotopic (exact) mass is 384 g/mol.